The van der Waals surface area contributed by atoms with Gasteiger partial charge in [0.25, 0.3) is 0 Å². The number of carbonyl (C=O) groups is 1. The van der Waals surface area contributed by atoms with Crippen LogP contribution in [0.1, 0.15) is 49.8 Å². The van der Waals surface area contributed by atoms with Gasteiger partial charge in [-0.2, -0.15) is 0 Å². The lowest BCUT2D eigenvalue weighted by atomic mass is 10.1. The first-order chi connectivity index (χ1) is 16.1. The average Bonchev–Trinajstić information content (AvgIpc) is 2.83. The van der Waals surface area contributed by atoms with Gasteiger partial charge in [0.05, 0.1) is 7.11 Å². The molecule has 0 aliphatic heterocycles. The Hall–Kier alpha value is -3.09. The van der Waals surface area contributed by atoms with E-state index >= 15 is 0 Å². The number of allylic oxidation sites excluding steroid dienone is 1. The van der Waals surface area contributed by atoms with E-state index in [0.717, 1.165) is 29.5 Å². The predicted octanol–water partition coefficient (Wildman–Crippen LogP) is 5.96. The molecule has 2 aromatic rings. The third-order valence-corrected chi connectivity index (χ3v) is 4.60. The predicted molar refractivity (Wildman–Crippen MR) is 131 cm³/mol. The number of rotatable bonds is 15. The van der Waals surface area contributed by atoms with Gasteiger partial charge in [0, 0.05) is 25.7 Å². The Morgan fingerprint density at radius 1 is 0.818 bits per heavy atom. The van der Waals surface area contributed by atoms with Crippen LogP contribution in [0.2, 0.25) is 0 Å². The second-order valence-corrected chi connectivity index (χ2v) is 7.12. The summed E-state index contributed by atoms with van der Waals surface area (Å²) in [6.45, 7) is 5.38. The summed E-state index contributed by atoms with van der Waals surface area (Å²) in [6.07, 6.45) is 10.2. The van der Waals surface area contributed by atoms with Crippen LogP contribution in [-0.4, -0.2) is 39.9 Å². The Morgan fingerprint density at radius 3 is 2.03 bits per heavy atom. The van der Waals surface area contributed by atoms with Gasteiger partial charge < -0.3 is 23.7 Å². The molecule has 0 saturated carbocycles. The number of benzene rings is 2. The topological polar surface area (TPSA) is 63.2 Å². The summed E-state index contributed by atoms with van der Waals surface area (Å²) in [5.41, 5.74) is 3.12. The van der Waals surface area contributed by atoms with Crippen molar-refractivity contribution in [3.05, 3.63) is 65.2 Å². The normalized spacial score (nSPS) is 11.2. The zero-order valence-electron chi connectivity index (χ0n) is 19.8. The minimum Gasteiger partial charge on any atom is -0.469 e. The number of methoxy groups -OCH3 is 1. The van der Waals surface area contributed by atoms with E-state index in [1.807, 2.05) is 56.3 Å². The fourth-order valence-electron chi connectivity index (χ4n) is 2.89. The molecule has 0 radical (unpaired) electrons. The van der Waals surface area contributed by atoms with Gasteiger partial charge in [0.15, 0.2) is 13.6 Å². The minimum absolute atomic E-state index is 0.172. The molecule has 0 unspecified atom stereocenters. The van der Waals surface area contributed by atoms with E-state index in [-0.39, 0.29) is 19.6 Å². The molecule has 0 spiro atoms. The Labute approximate surface area is 196 Å². The van der Waals surface area contributed by atoms with E-state index in [1.54, 1.807) is 0 Å². The molecule has 0 atom stereocenters. The number of hydrogen-bond acceptors (Lipinski definition) is 6. The second-order valence-electron chi connectivity index (χ2n) is 7.12. The summed E-state index contributed by atoms with van der Waals surface area (Å²) >= 11 is 0. The van der Waals surface area contributed by atoms with Gasteiger partial charge in [-0.15, -0.1) is 0 Å². The largest absolute Gasteiger partial charge is 0.469 e. The molecule has 2 rings (SSSR count). The molecular weight excluding hydrogens is 420 g/mol. The lowest BCUT2D eigenvalue weighted by molar-refractivity contribution is -0.140. The fourth-order valence-corrected chi connectivity index (χ4v) is 2.89. The van der Waals surface area contributed by atoms with Crippen LogP contribution in [0, 0.1) is 0 Å². The molecule has 178 valence electrons. The van der Waals surface area contributed by atoms with Gasteiger partial charge in [0.1, 0.15) is 11.5 Å². The van der Waals surface area contributed by atoms with Crippen LogP contribution >= 0.6 is 0 Å². The molecular formula is C27H34O6. The van der Waals surface area contributed by atoms with E-state index in [9.17, 15) is 4.79 Å². The van der Waals surface area contributed by atoms with E-state index in [2.05, 4.69) is 29.0 Å². The Balaban J connectivity index is 2.05. The summed E-state index contributed by atoms with van der Waals surface area (Å²) in [4.78, 5) is 11.2. The summed E-state index contributed by atoms with van der Waals surface area (Å²) in [5, 5.41) is 0. The molecule has 0 bridgehead atoms. The van der Waals surface area contributed by atoms with Crippen LogP contribution in [-0.2, 0) is 19.0 Å². The van der Waals surface area contributed by atoms with Crippen LogP contribution in [0.5, 0.6) is 11.5 Å². The smallest absolute Gasteiger partial charge is 0.305 e. The zero-order chi connectivity index (χ0) is 23.7. The van der Waals surface area contributed by atoms with Crippen molar-refractivity contribution in [2.75, 3.05) is 33.9 Å². The molecule has 0 aliphatic carbocycles. The van der Waals surface area contributed by atoms with Gasteiger partial charge >= 0.3 is 5.97 Å². The number of esters is 1. The van der Waals surface area contributed by atoms with Crippen molar-refractivity contribution in [2.45, 2.75) is 33.1 Å². The maximum absolute atomic E-state index is 11.2. The first-order valence-electron chi connectivity index (χ1n) is 11.2. The second kappa shape index (κ2) is 15.7. The van der Waals surface area contributed by atoms with Gasteiger partial charge in [-0.1, -0.05) is 42.5 Å². The lowest BCUT2D eigenvalue weighted by Crippen LogP contribution is -2.04. The van der Waals surface area contributed by atoms with E-state index in [4.69, 9.17) is 18.9 Å². The van der Waals surface area contributed by atoms with Crippen LogP contribution < -0.4 is 9.47 Å². The third kappa shape index (κ3) is 10.9. The summed E-state index contributed by atoms with van der Waals surface area (Å²) < 4.78 is 26.6. The first-order valence-corrected chi connectivity index (χ1v) is 11.2. The molecule has 0 aromatic heterocycles. The Kier molecular flexibility index (Phi) is 12.4. The number of hydrogen-bond donors (Lipinski definition) is 0. The van der Waals surface area contributed by atoms with E-state index in [0.29, 0.717) is 31.1 Å². The lowest BCUT2D eigenvalue weighted by Gasteiger charge is -2.11. The molecule has 0 fully saturated rings. The van der Waals surface area contributed by atoms with Gasteiger partial charge in [-0.25, -0.2) is 0 Å². The standard InChI is InChI=1S/C27H34O6/c1-4-30-20-32-25-17-24(18-26(19-25)33-21-31-5-2)15-14-23-12-9-11-22(16-23)10-7-6-8-13-27(28)29-3/h7,9-12,14-19H,4-6,8,13,20-21H2,1-3H3/b10-7+,15-14+. The molecule has 0 aliphatic rings. The maximum atomic E-state index is 11.2. The fraction of sp³-hybridized carbons (Fsp3) is 0.370. The maximum Gasteiger partial charge on any atom is 0.305 e. The van der Waals surface area contributed by atoms with Gasteiger partial charge in [0.2, 0.25) is 0 Å². The molecule has 33 heavy (non-hydrogen) atoms. The van der Waals surface area contributed by atoms with Gasteiger partial charge in [-0.05, 0) is 61.6 Å². The number of carbonyl (C=O) groups excluding carboxylic acids is 1. The van der Waals surface area contributed by atoms with Crippen molar-refractivity contribution in [3.63, 3.8) is 0 Å². The van der Waals surface area contributed by atoms with Crippen molar-refractivity contribution in [1.29, 1.82) is 0 Å². The number of ether oxygens (including phenoxy) is 5. The number of unbranched alkanes of at least 4 members (excludes halogenated alkanes) is 1. The SMILES string of the molecule is CCOCOc1cc(/C=C/c2cccc(/C=C/CCCC(=O)OC)c2)cc(OCOCC)c1. The summed E-state index contributed by atoms with van der Waals surface area (Å²) in [5.74, 6) is 1.16. The Morgan fingerprint density at radius 2 is 1.42 bits per heavy atom. The van der Waals surface area contributed by atoms with Crippen LogP contribution in [0.15, 0.2) is 48.5 Å². The van der Waals surface area contributed by atoms with Crippen molar-refractivity contribution >= 4 is 24.2 Å². The summed E-state index contributed by atoms with van der Waals surface area (Å²) in [7, 11) is 1.41. The van der Waals surface area contributed by atoms with Crippen molar-refractivity contribution in [3.8, 4) is 11.5 Å². The zero-order valence-corrected chi connectivity index (χ0v) is 19.8. The highest BCUT2D eigenvalue weighted by atomic mass is 16.7. The monoisotopic (exact) mass is 454 g/mol. The highest BCUT2D eigenvalue weighted by Crippen LogP contribution is 2.25. The molecule has 0 N–H and O–H groups in total. The van der Waals surface area contributed by atoms with Crippen LogP contribution in [0.25, 0.3) is 18.2 Å². The highest BCUT2D eigenvalue weighted by Gasteiger charge is 2.03. The minimum atomic E-state index is -0.172. The van der Waals surface area contributed by atoms with E-state index in [1.165, 1.54) is 7.11 Å². The molecule has 2 aromatic carbocycles. The van der Waals surface area contributed by atoms with Crippen LogP contribution in [0.3, 0.4) is 0 Å². The molecule has 6 heteroatoms. The average molecular weight is 455 g/mol. The van der Waals surface area contributed by atoms with Crippen molar-refractivity contribution < 1.29 is 28.5 Å². The van der Waals surface area contributed by atoms with Crippen LogP contribution in [0.4, 0.5) is 0 Å². The molecule has 0 saturated heterocycles. The molecule has 0 amide bonds. The van der Waals surface area contributed by atoms with Crippen molar-refractivity contribution in [2.24, 2.45) is 0 Å². The van der Waals surface area contributed by atoms with Gasteiger partial charge in [-0.3, -0.25) is 4.79 Å². The highest BCUT2D eigenvalue weighted by molar-refractivity contribution is 5.72. The quantitative estimate of drug-likeness (QED) is 0.143. The molecule has 0 heterocycles. The first kappa shape index (κ1) is 26.2. The van der Waals surface area contributed by atoms with E-state index < -0.39 is 0 Å². The third-order valence-electron chi connectivity index (χ3n) is 4.60. The summed E-state index contributed by atoms with van der Waals surface area (Å²) in [6, 6.07) is 13.9. The van der Waals surface area contributed by atoms with Crippen molar-refractivity contribution in [1.82, 2.24) is 0 Å². The Bertz CT molecular complexity index is 875. The molecule has 6 nitrogen and oxygen atoms in total.